The number of piperazine rings is 1. The van der Waals surface area contributed by atoms with Crippen molar-refractivity contribution in [3.63, 3.8) is 0 Å². The van der Waals surface area contributed by atoms with Crippen LogP contribution in [0.25, 0.3) is 0 Å². The summed E-state index contributed by atoms with van der Waals surface area (Å²) in [4.78, 5) is 18.4. The molecule has 2 heterocycles. The minimum atomic E-state index is -4.35. The Hall–Kier alpha value is -2.61. The van der Waals surface area contributed by atoms with Gasteiger partial charge in [-0.25, -0.2) is 4.98 Å². The van der Waals surface area contributed by atoms with E-state index in [-0.39, 0.29) is 11.9 Å². The Balaban J connectivity index is 1.46. The zero-order chi connectivity index (χ0) is 21.7. The maximum absolute atomic E-state index is 12.7. The Morgan fingerprint density at radius 2 is 1.83 bits per heavy atom. The number of hydrogen-bond acceptors (Lipinski definition) is 2. The molecule has 30 heavy (non-hydrogen) atoms. The minimum absolute atomic E-state index is 0.00612. The number of nitrogens with zero attached hydrogens (tertiary/aromatic N) is 1. The molecule has 1 saturated heterocycles. The summed E-state index contributed by atoms with van der Waals surface area (Å²) < 4.78 is 38.1. The third kappa shape index (κ3) is 5.72. The molecule has 1 amide bonds. The Kier molecular flexibility index (Phi) is 6.97. The fourth-order valence-corrected chi connectivity index (χ4v) is 3.68. The second kappa shape index (κ2) is 9.47. The fraction of sp³-hybridized carbons (Fsp3) is 0.455. The molecule has 2 aromatic rings. The third-order valence-electron chi connectivity index (χ3n) is 5.61. The lowest BCUT2D eigenvalue weighted by Crippen LogP contribution is -3.16. The number of carbonyl (C=O) groups is 1. The van der Waals surface area contributed by atoms with Gasteiger partial charge in [0.2, 0.25) is 0 Å². The zero-order valence-corrected chi connectivity index (χ0v) is 17.4. The van der Waals surface area contributed by atoms with E-state index in [2.05, 4.69) is 41.5 Å². The average Bonchev–Trinajstić information content (AvgIpc) is 2.73. The van der Waals surface area contributed by atoms with Gasteiger partial charge in [-0.05, 0) is 30.5 Å². The van der Waals surface area contributed by atoms with Crippen LogP contribution in [-0.4, -0.2) is 38.6 Å². The van der Waals surface area contributed by atoms with Crippen LogP contribution in [0.4, 0.5) is 19.0 Å². The Morgan fingerprint density at radius 1 is 1.17 bits per heavy atom. The maximum atomic E-state index is 12.7. The lowest BCUT2D eigenvalue weighted by Gasteiger charge is -2.28. The number of hydrogen-bond donors (Lipinski definition) is 2. The Bertz CT molecular complexity index is 829. The third-order valence-corrected chi connectivity index (χ3v) is 5.61. The van der Waals surface area contributed by atoms with Crippen LogP contribution in [0.2, 0.25) is 0 Å². The number of benzene rings is 1. The molecule has 1 aliphatic heterocycles. The Labute approximate surface area is 174 Å². The van der Waals surface area contributed by atoms with Crippen molar-refractivity contribution in [2.75, 3.05) is 37.6 Å². The monoisotopic (exact) mass is 422 g/mol. The maximum Gasteiger partial charge on any atom is 0.419 e. The number of anilines is 1. The molecular formula is C22H29F3N4O+2. The van der Waals surface area contributed by atoms with Gasteiger partial charge in [0, 0.05) is 6.07 Å². The summed E-state index contributed by atoms with van der Waals surface area (Å²) in [5, 5.41) is 3.06. The number of pyridine rings is 1. The molecule has 0 saturated carbocycles. The highest BCUT2D eigenvalue weighted by molar-refractivity contribution is 5.77. The molecule has 3 N–H and O–H groups in total. The predicted octanol–water partition coefficient (Wildman–Crippen LogP) is 1.66. The van der Waals surface area contributed by atoms with Crippen LogP contribution in [0, 0.1) is 0 Å². The van der Waals surface area contributed by atoms with Gasteiger partial charge in [-0.3, -0.25) is 9.69 Å². The fourth-order valence-electron chi connectivity index (χ4n) is 3.68. The molecule has 0 spiro atoms. The molecule has 162 valence electrons. The van der Waals surface area contributed by atoms with Gasteiger partial charge in [-0.1, -0.05) is 31.2 Å². The molecule has 5 nitrogen and oxygen atoms in total. The van der Waals surface area contributed by atoms with E-state index in [0.717, 1.165) is 37.3 Å². The number of nitrogens with one attached hydrogen (secondary N) is 3. The standard InChI is InChI=1S/C22H27F3N4O/c1-3-17-4-6-18(7-5-17)16(2)27-21(30)15-28-10-12-29(13-11-28)20-9-8-19(14-26-20)22(23,24)25/h4-9,14,16H,3,10-13,15H2,1-2H3,(H,27,30)/p+2/t16-/m1/s1. The van der Waals surface area contributed by atoms with Crippen molar-refractivity contribution in [2.24, 2.45) is 0 Å². The minimum Gasteiger partial charge on any atom is -0.345 e. The van der Waals surface area contributed by atoms with Gasteiger partial charge in [0.25, 0.3) is 11.7 Å². The number of rotatable bonds is 6. The van der Waals surface area contributed by atoms with Crippen LogP contribution >= 0.6 is 0 Å². The number of aromatic amines is 1. The molecule has 0 unspecified atom stereocenters. The Morgan fingerprint density at radius 3 is 2.37 bits per heavy atom. The van der Waals surface area contributed by atoms with E-state index in [9.17, 15) is 18.0 Å². The van der Waals surface area contributed by atoms with Crippen molar-refractivity contribution in [1.82, 2.24) is 5.32 Å². The summed E-state index contributed by atoms with van der Waals surface area (Å²) in [7, 11) is 0. The van der Waals surface area contributed by atoms with Crippen LogP contribution in [0.3, 0.4) is 0 Å². The molecule has 0 aliphatic carbocycles. The van der Waals surface area contributed by atoms with Crippen LogP contribution in [0.5, 0.6) is 0 Å². The smallest absolute Gasteiger partial charge is 0.345 e. The second-order valence-electron chi connectivity index (χ2n) is 7.76. The summed E-state index contributed by atoms with van der Waals surface area (Å²) in [6.45, 7) is 7.34. The van der Waals surface area contributed by atoms with Gasteiger partial charge in [0.05, 0.1) is 11.6 Å². The van der Waals surface area contributed by atoms with Crippen molar-refractivity contribution >= 4 is 11.7 Å². The summed E-state index contributed by atoms with van der Waals surface area (Å²) in [5.41, 5.74) is 1.66. The highest BCUT2D eigenvalue weighted by Gasteiger charge is 2.33. The van der Waals surface area contributed by atoms with E-state index in [0.29, 0.717) is 25.5 Å². The van der Waals surface area contributed by atoms with Gasteiger partial charge < -0.3 is 10.2 Å². The van der Waals surface area contributed by atoms with Crippen molar-refractivity contribution < 1.29 is 27.8 Å². The van der Waals surface area contributed by atoms with Crippen molar-refractivity contribution in [1.29, 1.82) is 0 Å². The summed E-state index contributed by atoms with van der Waals surface area (Å²) in [6, 6.07) is 10.8. The molecular weight excluding hydrogens is 393 g/mol. The first-order chi connectivity index (χ1) is 14.3. The van der Waals surface area contributed by atoms with Gasteiger partial charge in [-0.15, -0.1) is 0 Å². The zero-order valence-electron chi connectivity index (χ0n) is 17.4. The number of H-pyrrole nitrogens is 1. The highest BCUT2D eigenvalue weighted by atomic mass is 19.4. The van der Waals surface area contributed by atoms with Crippen LogP contribution < -0.4 is 20.1 Å². The number of alkyl halides is 3. The van der Waals surface area contributed by atoms with Gasteiger partial charge in [-0.2, -0.15) is 13.2 Å². The lowest BCUT2D eigenvalue weighted by molar-refractivity contribution is -0.892. The molecule has 1 aromatic carbocycles. The van der Waals surface area contributed by atoms with Gasteiger partial charge in [0.1, 0.15) is 32.4 Å². The van der Waals surface area contributed by atoms with E-state index in [1.807, 2.05) is 11.8 Å². The van der Waals surface area contributed by atoms with Crippen molar-refractivity contribution in [3.8, 4) is 0 Å². The van der Waals surface area contributed by atoms with E-state index in [4.69, 9.17) is 0 Å². The SMILES string of the molecule is CCc1ccc([C@@H](C)NC(=O)C[NH+]2CCN(c3ccc(C(F)(F)F)c[nH+]3)CC2)cc1. The first kappa shape index (κ1) is 22.1. The topological polar surface area (TPSA) is 50.9 Å². The largest absolute Gasteiger partial charge is 0.419 e. The normalized spacial score (nSPS) is 16.4. The number of aryl methyl sites for hydroxylation is 1. The molecule has 0 bridgehead atoms. The van der Waals surface area contributed by atoms with E-state index in [1.165, 1.54) is 16.5 Å². The van der Waals surface area contributed by atoms with Crippen molar-refractivity contribution in [2.45, 2.75) is 32.5 Å². The van der Waals surface area contributed by atoms with Gasteiger partial charge in [0.15, 0.2) is 6.54 Å². The van der Waals surface area contributed by atoms with Crippen LogP contribution in [-0.2, 0) is 17.4 Å². The first-order valence-electron chi connectivity index (χ1n) is 10.3. The number of quaternary nitrogens is 1. The van der Waals surface area contributed by atoms with Crippen molar-refractivity contribution in [3.05, 3.63) is 59.3 Å². The second-order valence-corrected chi connectivity index (χ2v) is 7.76. The number of aromatic nitrogens is 1. The molecule has 1 atom stereocenters. The summed E-state index contributed by atoms with van der Waals surface area (Å²) >= 11 is 0. The summed E-state index contributed by atoms with van der Waals surface area (Å²) in [5.74, 6) is 0.669. The molecule has 1 aliphatic rings. The van der Waals surface area contributed by atoms with E-state index >= 15 is 0 Å². The van der Waals surface area contributed by atoms with E-state index < -0.39 is 11.7 Å². The van der Waals surface area contributed by atoms with Crippen LogP contribution in [0.1, 0.15) is 36.6 Å². The molecule has 0 radical (unpaired) electrons. The van der Waals surface area contributed by atoms with Crippen LogP contribution in [0.15, 0.2) is 42.6 Å². The molecule has 1 fully saturated rings. The van der Waals surface area contributed by atoms with E-state index in [1.54, 1.807) is 0 Å². The summed E-state index contributed by atoms with van der Waals surface area (Å²) in [6.07, 6.45) is -2.36. The molecule has 1 aromatic heterocycles. The number of halogens is 3. The lowest BCUT2D eigenvalue weighted by atomic mass is 10.1. The first-order valence-corrected chi connectivity index (χ1v) is 10.3. The predicted molar refractivity (Wildman–Crippen MR) is 108 cm³/mol. The number of amides is 1. The molecule has 8 heteroatoms. The molecule has 3 rings (SSSR count). The average molecular weight is 422 g/mol. The highest BCUT2D eigenvalue weighted by Crippen LogP contribution is 2.28. The van der Waals surface area contributed by atoms with Gasteiger partial charge >= 0.3 is 6.18 Å². The number of carbonyl (C=O) groups excluding carboxylic acids is 1. The quantitative estimate of drug-likeness (QED) is 0.744.